The summed E-state index contributed by atoms with van der Waals surface area (Å²) < 4.78 is 11.6. The van der Waals surface area contributed by atoms with Crippen LogP contribution in [0.1, 0.15) is 43.0 Å². The van der Waals surface area contributed by atoms with Gasteiger partial charge in [-0.2, -0.15) is 4.98 Å². The minimum absolute atomic E-state index is 0.183. The fraction of sp³-hybridized carbons (Fsp3) is 0.417. The number of hydrogen-bond acceptors (Lipinski definition) is 7. The van der Waals surface area contributed by atoms with Crippen LogP contribution in [0.15, 0.2) is 48.5 Å². The van der Waals surface area contributed by atoms with E-state index in [1.165, 1.54) is 24.2 Å². The van der Waals surface area contributed by atoms with Crippen LogP contribution in [-0.2, 0) is 4.74 Å². The van der Waals surface area contributed by atoms with Crippen LogP contribution < -0.4 is 9.38 Å². The van der Waals surface area contributed by atoms with Crippen molar-refractivity contribution in [3.63, 3.8) is 0 Å². The number of carbonyl (C=O) groups excluding carboxylic acids is 1. The minimum atomic E-state index is -0.873. The van der Waals surface area contributed by atoms with Crippen molar-refractivity contribution in [2.24, 2.45) is 0 Å². The first-order chi connectivity index (χ1) is 15.5. The van der Waals surface area contributed by atoms with Crippen LogP contribution in [0.4, 0.5) is 5.13 Å². The molecule has 1 aliphatic heterocycles. The predicted octanol–water partition coefficient (Wildman–Crippen LogP) is 5.15. The molecule has 2 aromatic carbocycles. The third kappa shape index (κ3) is 4.94. The molecule has 0 bridgehead atoms. The quantitative estimate of drug-likeness (QED) is 0.192. The molecule has 1 aliphatic rings. The number of aromatic nitrogens is 1. The number of rotatable bonds is 9. The van der Waals surface area contributed by atoms with E-state index in [2.05, 4.69) is 11.9 Å². The molecule has 0 spiro atoms. The molecule has 32 heavy (non-hydrogen) atoms. The summed E-state index contributed by atoms with van der Waals surface area (Å²) in [6.07, 6.45) is 3.70. The second-order valence-corrected chi connectivity index (χ2v) is 9.24. The van der Waals surface area contributed by atoms with Gasteiger partial charge < -0.3 is 14.7 Å². The Bertz CT molecular complexity index is 1020. The van der Waals surface area contributed by atoms with Crippen molar-refractivity contribution in [1.82, 2.24) is 14.5 Å². The second kappa shape index (κ2) is 9.95. The Kier molecular flexibility index (Phi) is 7.05. The third-order valence-corrected chi connectivity index (χ3v) is 6.74. The van der Waals surface area contributed by atoms with E-state index in [9.17, 15) is 10.0 Å². The Morgan fingerprint density at radius 1 is 1.19 bits per heavy atom. The maximum Gasteiger partial charge on any atom is 0.342 e. The molecular weight excluding hydrogens is 426 g/mol. The standard InChI is InChI=1S/C24H29N3O4S/c1-3-4-5-8-15-30-19-13-11-18(12-14-19)23(28)31-22-16-26(2)17-27(22,29)24-25-20-9-6-7-10-21(20)32-24/h6-7,9-14,22H,3-5,8,15-17H2,1-2H3. The number of quaternary nitrogens is 1. The number of ether oxygens (including phenoxy) is 2. The molecule has 1 fully saturated rings. The minimum Gasteiger partial charge on any atom is -0.622 e. The van der Waals surface area contributed by atoms with Crippen LogP contribution in [0.5, 0.6) is 5.75 Å². The highest BCUT2D eigenvalue weighted by molar-refractivity contribution is 7.22. The van der Waals surface area contributed by atoms with Gasteiger partial charge in [-0.25, -0.2) is 9.69 Å². The van der Waals surface area contributed by atoms with Crippen LogP contribution in [-0.4, -0.2) is 48.9 Å². The number of fused-ring (bicyclic) bond motifs is 1. The lowest BCUT2D eigenvalue weighted by Gasteiger charge is -2.38. The van der Waals surface area contributed by atoms with Crippen molar-refractivity contribution in [3.8, 4) is 5.75 Å². The average molecular weight is 456 g/mol. The van der Waals surface area contributed by atoms with Crippen molar-refractivity contribution in [1.29, 1.82) is 0 Å². The van der Waals surface area contributed by atoms with Crippen molar-refractivity contribution < 1.29 is 14.3 Å². The van der Waals surface area contributed by atoms with E-state index in [0.29, 0.717) is 23.8 Å². The SMILES string of the molecule is CCCCCCOc1ccc(C(=O)OC2CN(C)C[N+]2([O-])c2nc3ccccc3s2)cc1. The molecule has 8 heteroatoms. The van der Waals surface area contributed by atoms with Gasteiger partial charge in [-0.1, -0.05) is 49.7 Å². The van der Waals surface area contributed by atoms with E-state index in [1.807, 2.05) is 36.2 Å². The lowest BCUT2D eigenvalue weighted by molar-refractivity contribution is 0.00573. The number of hydrogen-bond donors (Lipinski definition) is 0. The number of esters is 1. The van der Waals surface area contributed by atoms with Crippen LogP contribution >= 0.6 is 11.3 Å². The molecule has 0 aliphatic carbocycles. The molecule has 2 unspecified atom stereocenters. The largest absolute Gasteiger partial charge is 0.622 e. The maximum atomic E-state index is 13.8. The van der Waals surface area contributed by atoms with Crippen molar-refractivity contribution >= 4 is 32.7 Å². The van der Waals surface area contributed by atoms with Gasteiger partial charge in [0.2, 0.25) is 0 Å². The fourth-order valence-electron chi connectivity index (χ4n) is 3.83. The Morgan fingerprint density at radius 3 is 2.72 bits per heavy atom. The number of para-hydroxylation sites is 1. The number of hydroxylamine groups is 2. The molecule has 4 rings (SSSR count). The molecule has 0 N–H and O–H groups in total. The number of carbonyl (C=O) groups is 1. The molecule has 170 valence electrons. The summed E-state index contributed by atoms with van der Waals surface area (Å²) >= 11 is 1.35. The van der Waals surface area contributed by atoms with Gasteiger partial charge in [0.15, 0.2) is 0 Å². The lowest BCUT2D eigenvalue weighted by atomic mass is 10.2. The zero-order valence-electron chi connectivity index (χ0n) is 18.5. The molecule has 1 saturated heterocycles. The molecule has 0 radical (unpaired) electrons. The van der Waals surface area contributed by atoms with Crippen molar-refractivity contribution in [2.75, 3.05) is 26.9 Å². The van der Waals surface area contributed by atoms with Crippen molar-refractivity contribution in [2.45, 2.75) is 38.8 Å². The van der Waals surface area contributed by atoms with E-state index in [0.717, 1.165) is 28.8 Å². The lowest BCUT2D eigenvalue weighted by Crippen LogP contribution is -2.50. The predicted molar refractivity (Wildman–Crippen MR) is 128 cm³/mol. The first-order valence-corrected chi connectivity index (χ1v) is 11.9. The Morgan fingerprint density at radius 2 is 1.97 bits per heavy atom. The molecule has 0 saturated carbocycles. The third-order valence-electron chi connectivity index (χ3n) is 5.59. The number of nitrogens with zero attached hydrogens (tertiary/aromatic N) is 3. The Hall–Kier alpha value is -2.52. The highest BCUT2D eigenvalue weighted by Gasteiger charge is 2.45. The zero-order valence-corrected chi connectivity index (χ0v) is 19.3. The number of benzene rings is 2. The highest BCUT2D eigenvalue weighted by atomic mass is 32.1. The van der Waals surface area contributed by atoms with Gasteiger partial charge in [-0.15, -0.1) is 0 Å². The molecule has 1 aromatic heterocycles. The van der Waals surface area contributed by atoms with Gasteiger partial charge >= 0.3 is 5.97 Å². The normalized spacial score (nSPS) is 21.2. The van der Waals surface area contributed by atoms with E-state index in [-0.39, 0.29) is 6.67 Å². The molecule has 3 aromatic rings. The molecule has 2 atom stereocenters. The summed E-state index contributed by atoms with van der Waals surface area (Å²) in [5, 5.41) is 14.2. The average Bonchev–Trinajstić information content (AvgIpc) is 3.35. The number of unbranched alkanes of at least 4 members (excludes halogenated alkanes) is 3. The highest BCUT2D eigenvalue weighted by Crippen LogP contribution is 2.37. The Balaban J connectivity index is 1.42. The molecule has 2 heterocycles. The Labute approximate surface area is 192 Å². The van der Waals surface area contributed by atoms with E-state index < -0.39 is 16.8 Å². The van der Waals surface area contributed by atoms with Crippen molar-refractivity contribution in [3.05, 3.63) is 59.3 Å². The van der Waals surface area contributed by atoms with Crippen LogP contribution in [0.25, 0.3) is 10.2 Å². The summed E-state index contributed by atoms with van der Waals surface area (Å²) in [4.78, 5) is 19.2. The van der Waals surface area contributed by atoms with Gasteiger partial charge in [0, 0.05) is 0 Å². The molecular formula is C24H29N3O4S. The summed E-state index contributed by atoms with van der Waals surface area (Å²) in [6, 6.07) is 14.5. The molecule has 7 nitrogen and oxygen atoms in total. The van der Waals surface area contributed by atoms with E-state index >= 15 is 0 Å². The summed E-state index contributed by atoms with van der Waals surface area (Å²) in [7, 11) is 1.85. The topological polar surface area (TPSA) is 74.7 Å². The van der Waals surface area contributed by atoms with Crippen LogP contribution in [0.3, 0.4) is 0 Å². The van der Waals surface area contributed by atoms with E-state index in [1.54, 1.807) is 24.3 Å². The van der Waals surface area contributed by atoms with Gasteiger partial charge in [0.1, 0.15) is 12.4 Å². The maximum absolute atomic E-state index is 13.8. The van der Waals surface area contributed by atoms with Crippen LogP contribution in [0.2, 0.25) is 0 Å². The smallest absolute Gasteiger partial charge is 0.342 e. The number of thiazole rings is 1. The summed E-state index contributed by atoms with van der Waals surface area (Å²) in [5.74, 6) is 0.210. The van der Waals surface area contributed by atoms with Gasteiger partial charge in [0.05, 0.1) is 28.9 Å². The zero-order chi connectivity index (χ0) is 22.6. The van der Waals surface area contributed by atoms with Gasteiger partial charge in [0.25, 0.3) is 11.4 Å². The summed E-state index contributed by atoms with van der Waals surface area (Å²) in [6.45, 7) is 3.38. The second-order valence-electron chi connectivity index (χ2n) is 8.23. The first kappa shape index (κ1) is 22.7. The molecule has 0 amide bonds. The number of likely N-dealkylation sites (N-methyl/N-ethyl adjacent to an activating group) is 1. The monoisotopic (exact) mass is 455 g/mol. The van der Waals surface area contributed by atoms with Crippen LogP contribution in [0, 0.1) is 5.21 Å². The van der Waals surface area contributed by atoms with Gasteiger partial charge in [-0.05, 0) is 49.9 Å². The summed E-state index contributed by atoms with van der Waals surface area (Å²) in [5.41, 5.74) is 1.18. The fourth-order valence-corrected chi connectivity index (χ4v) is 4.87. The van der Waals surface area contributed by atoms with E-state index in [4.69, 9.17) is 9.47 Å². The van der Waals surface area contributed by atoms with Gasteiger partial charge in [-0.3, -0.25) is 4.65 Å². The first-order valence-electron chi connectivity index (χ1n) is 11.1.